The third-order valence-electron chi connectivity index (χ3n) is 4.09. The molecule has 0 saturated heterocycles. The first-order valence-corrected chi connectivity index (χ1v) is 8.50. The zero-order valence-corrected chi connectivity index (χ0v) is 14.7. The Balaban J connectivity index is 1.50. The van der Waals surface area contributed by atoms with Crippen LogP contribution in [0.25, 0.3) is 10.9 Å². The molecule has 6 heteroatoms. The van der Waals surface area contributed by atoms with E-state index in [4.69, 9.17) is 0 Å². The fourth-order valence-electron chi connectivity index (χ4n) is 2.68. The van der Waals surface area contributed by atoms with Crippen molar-refractivity contribution in [3.05, 3.63) is 84.4 Å². The van der Waals surface area contributed by atoms with E-state index in [1.807, 2.05) is 61.5 Å². The Kier molecular flexibility index (Phi) is 4.45. The van der Waals surface area contributed by atoms with Gasteiger partial charge in [0, 0.05) is 17.3 Å². The van der Waals surface area contributed by atoms with Gasteiger partial charge in [-0.1, -0.05) is 35.9 Å². The van der Waals surface area contributed by atoms with Gasteiger partial charge in [0.15, 0.2) is 0 Å². The van der Waals surface area contributed by atoms with Crippen LogP contribution in [0, 0.1) is 6.92 Å². The van der Waals surface area contributed by atoms with Crippen molar-refractivity contribution in [2.75, 3.05) is 10.6 Å². The molecule has 0 unspecified atom stereocenters. The van der Waals surface area contributed by atoms with Crippen molar-refractivity contribution in [1.82, 2.24) is 15.0 Å². The van der Waals surface area contributed by atoms with Gasteiger partial charge in [0.1, 0.15) is 11.5 Å². The number of hydrogen-bond donors (Lipinski definition) is 2. The summed E-state index contributed by atoms with van der Waals surface area (Å²) in [6.07, 6.45) is 4.73. The molecule has 0 fully saturated rings. The van der Waals surface area contributed by atoms with Gasteiger partial charge in [0.05, 0.1) is 23.6 Å². The number of nitrogens with zero attached hydrogens (tertiary/aromatic N) is 3. The fourth-order valence-corrected chi connectivity index (χ4v) is 2.68. The smallest absolute Gasteiger partial charge is 0.275 e. The first kappa shape index (κ1) is 16.7. The van der Waals surface area contributed by atoms with E-state index in [2.05, 4.69) is 25.6 Å². The number of anilines is 3. The van der Waals surface area contributed by atoms with Crippen molar-refractivity contribution >= 4 is 34.0 Å². The van der Waals surface area contributed by atoms with Crippen LogP contribution in [0.1, 0.15) is 16.1 Å². The monoisotopic (exact) mass is 355 g/mol. The zero-order valence-electron chi connectivity index (χ0n) is 14.7. The largest absolute Gasteiger partial charge is 0.337 e. The molecule has 2 aromatic carbocycles. The van der Waals surface area contributed by atoms with E-state index in [0.29, 0.717) is 5.82 Å². The summed E-state index contributed by atoms with van der Waals surface area (Å²) < 4.78 is 0. The molecule has 0 aliphatic carbocycles. The van der Waals surface area contributed by atoms with Crippen LogP contribution in [0.2, 0.25) is 0 Å². The summed E-state index contributed by atoms with van der Waals surface area (Å²) in [5.74, 6) is 0.241. The van der Waals surface area contributed by atoms with E-state index in [-0.39, 0.29) is 11.6 Å². The maximum Gasteiger partial charge on any atom is 0.275 e. The van der Waals surface area contributed by atoms with Crippen LogP contribution in [0.5, 0.6) is 0 Å². The number of hydrogen-bond acceptors (Lipinski definition) is 5. The SMILES string of the molecule is Cc1ccc(NC(=O)c2cnc(Nc3cccc4cccnc34)cn2)cc1. The maximum absolute atomic E-state index is 12.3. The molecule has 2 heterocycles. The standard InChI is InChI=1S/C21H17N5O/c1-14-7-9-16(10-8-14)25-21(27)18-12-24-19(13-23-18)26-17-6-2-4-15-5-3-11-22-20(15)17/h2-13H,1H3,(H,24,26)(H,25,27). The summed E-state index contributed by atoms with van der Waals surface area (Å²) in [7, 11) is 0. The number of carbonyl (C=O) groups is 1. The molecule has 27 heavy (non-hydrogen) atoms. The lowest BCUT2D eigenvalue weighted by molar-refractivity contribution is 0.102. The number of aryl methyl sites for hydroxylation is 1. The molecule has 0 aliphatic rings. The maximum atomic E-state index is 12.3. The molecule has 4 rings (SSSR count). The summed E-state index contributed by atoms with van der Waals surface area (Å²) in [5.41, 5.74) is 3.78. The predicted octanol–water partition coefficient (Wildman–Crippen LogP) is 4.33. The number of nitrogens with one attached hydrogen (secondary N) is 2. The first-order valence-electron chi connectivity index (χ1n) is 8.50. The van der Waals surface area contributed by atoms with Gasteiger partial charge in [0.2, 0.25) is 0 Å². The molecule has 0 bridgehead atoms. The minimum atomic E-state index is -0.301. The highest BCUT2D eigenvalue weighted by molar-refractivity contribution is 6.02. The molecule has 2 N–H and O–H groups in total. The number of carbonyl (C=O) groups excluding carboxylic acids is 1. The van der Waals surface area contributed by atoms with Crippen LogP contribution in [-0.4, -0.2) is 20.9 Å². The number of pyridine rings is 1. The molecule has 132 valence electrons. The molecule has 1 amide bonds. The predicted molar refractivity (Wildman–Crippen MR) is 106 cm³/mol. The molecular formula is C21H17N5O. The number of benzene rings is 2. The topological polar surface area (TPSA) is 79.8 Å². The molecule has 0 spiro atoms. The lowest BCUT2D eigenvalue weighted by Crippen LogP contribution is -2.14. The summed E-state index contributed by atoms with van der Waals surface area (Å²) >= 11 is 0. The third-order valence-corrected chi connectivity index (χ3v) is 4.09. The normalized spacial score (nSPS) is 10.6. The Morgan fingerprint density at radius 3 is 2.48 bits per heavy atom. The van der Waals surface area contributed by atoms with Crippen molar-refractivity contribution in [1.29, 1.82) is 0 Å². The summed E-state index contributed by atoms with van der Waals surface area (Å²) in [5, 5.41) is 7.04. The Hall–Kier alpha value is -3.80. The highest BCUT2D eigenvalue weighted by Gasteiger charge is 2.09. The molecule has 4 aromatic rings. The summed E-state index contributed by atoms with van der Waals surface area (Å²) in [6.45, 7) is 1.99. The van der Waals surface area contributed by atoms with Gasteiger partial charge in [-0.25, -0.2) is 9.97 Å². The van der Waals surface area contributed by atoms with E-state index in [1.54, 1.807) is 6.20 Å². The number of aromatic nitrogens is 3. The van der Waals surface area contributed by atoms with Crippen molar-refractivity contribution in [2.24, 2.45) is 0 Å². The number of rotatable bonds is 4. The van der Waals surface area contributed by atoms with Crippen LogP contribution in [0.4, 0.5) is 17.2 Å². The molecule has 0 saturated carbocycles. The van der Waals surface area contributed by atoms with E-state index < -0.39 is 0 Å². The first-order chi connectivity index (χ1) is 13.2. The lowest BCUT2D eigenvalue weighted by Gasteiger charge is -2.09. The molecule has 0 radical (unpaired) electrons. The minimum absolute atomic E-state index is 0.247. The van der Waals surface area contributed by atoms with Crippen LogP contribution < -0.4 is 10.6 Å². The third kappa shape index (κ3) is 3.74. The van der Waals surface area contributed by atoms with Crippen molar-refractivity contribution in [3.63, 3.8) is 0 Å². The summed E-state index contributed by atoms with van der Waals surface area (Å²) in [6, 6.07) is 17.3. The van der Waals surface area contributed by atoms with Crippen LogP contribution in [-0.2, 0) is 0 Å². The van der Waals surface area contributed by atoms with Gasteiger partial charge < -0.3 is 10.6 Å². The zero-order chi connectivity index (χ0) is 18.6. The Labute approximate surface area is 156 Å². The second kappa shape index (κ2) is 7.21. The molecule has 0 aliphatic heterocycles. The van der Waals surface area contributed by atoms with Crippen LogP contribution >= 0.6 is 0 Å². The Bertz CT molecular complexity index is 1090. The van der Waals surface area contributed by atoms with Crippen molar-refractivity contribution in [3.8, 4) is 0 Å². The van der Waals surface area contributed by atoms with Gasteiger partial charge in [-0.3, -0.25) is 9.78 Å². The van der Waals surface area contributed by atoms with Crippen LogP contribution in [0.15, 0.2) is 73.2 Å². The average Bonchev–Trinajstić information content (AvgIpc) is 2.70. The van der Waals surface area contributed by atoms with E-state index in [0.717, 1.165) is 27.8 Å². The van der Waals surface area contributed by atoms with Gasteiger partial charge in [0.25, 0.3) is 5.91 Å². The second-order valence-electron chi connectivity index (χ2n) is 6.11. The molecule has 0 atom stereocenters. The minimum Gasteiger partial charge on any atom is -0.337 e. The van der Waals surface area contributed by atoms with Crippen molar-refractivity contribution < 1.29 is 4.79 Å². The van der Waals surface area contributed by atoms with Gasteiger partial charge in [-0.2, -0.15) is 0 Å². The lowest BCUT2D eigenvalue weighted by atomic mass is 10.2. The average molecular weight is 355 g/mol. The van der Waals surface area contributed by atoms with E-state index >= 15 is 0 Å². The van der Waals surface area contributed by atoms with E-state index in [1.165, 1.54) is 12.4 Å². The van der Waals surface area contributed by atoms with Gasteiger partial charge in [-0.15, -0.1) is 0 Å². The highest BCUT2D eigenvalue weighted by Crippen LogP contribution is 2.23. The molecular weight excluding hydrogens is 338 g/mol. The Morgan fingerprint density at radius 1 is 0.889 bits per heavy atom. The van der Waals surface area contributed by atoms with Crippen LogP contribution in [0.3, 0.4) is 0 Å². The Morgan fingerprint density at radius 2 is 1.70 bits per heavy atom. The number of para-hydroxylation sites is 1. The molecule has 6 nitrogen and oxygen atoms in total. The highest BCUT2D eigenvalue weighted by atomic mass is 16.1. The number of amides is 1. The molecule has 2 aromatic heterocycles. The van der Waals surface area contributed by atoms with Gasteiger partial charge in [-0.05, 0) is 31.2 Å². The summed E-state index contributed by atoms with van der Waals surface area (Å²) in [4.78, 5) is 25.2. The fraction of sp³-hybridized carbons (Fsp3) is 0.0476. The number of fused-ring (bicyclic) bond motifs is 1. The van der Waals surface area contributed by atoms with E-state index in [9.17, 15) is 4.79 Å². The second-order valence-corrected chi connectivity index (χ2v) is 6.11. The van der Waals surface area contributed by atoms with Crippen molar-refractivity contribution in [2.45, 2.75) is 6.92 Å². The van der Waals surface area contributed by atoms with Gasteiger partial charge >= 0.3 is 0 Å². The quantitative estimate of drug-likeness (QED) is 0.569.